The van der Waals surface area contributed by atoms with Crippen molar-refractivity contribution in [2.45, 2.75) is 39.5 Å². The second-order valence-electron chi connectivity index (χ2n) is 6.08. The van der Waals surface area contributed by atoms with E-state index in [9.17, 15) is 14.0 Å². The zero-order valence-corrected chi connectivity index (χ0v) is 13.8. The number of piperidine rings is 1. The third kappa shape index (κ3) is 4.30. The first-order chi connectivity index (χ1) is 11.1. The van der Waals surface area contributed by atoms with E-state index in [1.165, 1.54) is 6.07 Å². The van der Waals surface area contributed by atoms with Crippen LogP contribution in [0.1, 0.15) is 39.5 Å². The maximum absolute atomic E-state index is 13.6. The van der Waals surface area contributed by atoms with E-state index in [0.717, 1.165) is 12.8 Å². The highest BCUT2D eigenvalue weighted by atomic mass is 19.1. The molecule has 1 aliphatic rings. The minimum Gasteiger partial charge on any atom is -0.342 e. The molecule has 1 aromatic rings. The number of nitrogens with one attached hydrogen (secondary N) is 1. The Balaban J connectivity index is 1.88. The first kappa shape index (κ1) is 17.4. The van der Waals surface area contributed by atoms with Crippen LogP contribution in [-0.2, 0) is 9.59 Å². The topological polar surface area (TPSA) is 49.4 Å². The quantitative estimate of drug-likeness (QED) is 0.903. The number of amides is 2. The lowest BCUT2D eigenvalue weighted by Crippen LogP contribution is -2.43. The fourth-order valence-corrected chi connectivity index (χ4v) is 3.06. The molecule has 1 N–H and O–H groups in total. The Morgan fingerprint density at radius 3 is 2.39 bits per heavy atom. The van der Waals surface area contributed by atoms with E-state index >= 15 is 0 Å². The van der Waals surface area contributed by atoms with Crippen LogP contribution in [0.15, 0.2) is 24.3 Å². The predicted octanol–water partition coefficient (Wildman–Crippen LogP) is 3.44. The molecule has 0 saturated carbocycles. The molecule has 4 nitrogen and oxygen atoms in total. The van der Waals surface area contributed by atoms with Gasteiger partial charge in [0.25, 0.3) is 0 Å². The molecule has 5 heteroatoms. The molecule has 0 aromatic heterocycles. The third-order valence-electron chi connectivity index (χ3n) is 4.64. The van der Waals surface area contributed by atoms with Crippen LogP contribution in [0.25, 0.3) is 0 Å². The Morgan fingerprint density at radius 2 is 1.83 bits per heavy atom. The van der Waals surface area contributed by atoms with Gasteiger partial charge in [-0.15, -0.1) is 0 Å². The van der Waals surface area contributed by atoms with Gasteiger partial charge in [0.05, 0.1) is 5.69 Å². The Hall–Kier alpha value is -1.91. The van der Waals surface area contributed by atoms with Crippen molar-refractivity contribution < 1.29 is 14.0 Å². The molecular weight excluding hydrogens is 295 g/mol. The van der Waals surface area contributed by atoms with Crippen LogP contribution >= 0.6 is 0 Å². The number of nitrogens with zero attached hydrogens (tertiary/aromatic N) is 1. The van der Waals surface area contributed by atoms with Gasteiger partial charge in [0, 0.05) is 24.9 Å². The summed E-state index contributed by atoms with van der Waals surface area (Å²) in [4.78, 5) is 26.5. The molecule has 1 fully saturated rings. The van der Waals surface area contributed by atoms with Gasteiger partial charge < -0.3 is 10.2 Å². The van der Waals surface area contributed by atoms with E-state index in [4.69, 9.17) is 0 Å². The SMILES string of the molecule is CCC(CC)C(=O)N1CCC(C(=O)Nc2ccccc2F)CC1. The maximum atomic E-state index is 13.6. The molecule has 0 spiro atoms. The van der Waals surface area contributed by atoms with Gasteiger partial charge >= 0.3 is 0 Å². The highest BCUT2D eigenvalue weighted by Crippen LogP contribution is 2.23. The minimum atomic E-state index is -0.429. The normalized spacial score (nSPS) is 15.7. The summed E-state index contributed by atoms with van der Waals surface area (Å²) < 4.78 is 13.6. The summed E-state index contributed by atoms with van der Waals surface area (Å²) in [5.41, 5.74) is 0.216. The average molecular weight is 320 g/mol. The monoisotopic (exact) mass is 320 g/mol. The number of carbonyl (C=O) groups is 2. The molecule has 126 valence electrons. The van der Waals surface area contributed by atoms with Crippen molar-refractivity contribution in [2.75, 3.05) is 18.4 Å². The van der Waals surface area contributed by atoms with Gasteiger partial charge in [0.2, 0.25) is 11.8 Å². The van der Waals surface area contributed by atoms with Gasteiger partial charge in [-0.25, -0.2) is 4.39 Å². The largest absolute Gasteiger partial charge is 0.342 e. The molecular formula is C18H25FN2O2. The highest BCUT2D eigenvalue weighted by Gasteiger charge is 2.29. The number of likely N-dealkylation sites (tertiary alicyclic amines) is 1. The summed E-state index contributed by atoms with van der Waals surface area (Å²) in [5.74, 6) is -0.478. The van der Waals surface area contributed by atoms with Crippen LogP contribution < -0.4 is 5.32 Å². The number of hydrogen-bond donors (Lipinski definition) is 1. The van der Waals surface area contributed by atoms with Crippen LogP contribution in [0.2, 0.25) is 0 Å². The number of rotatable bonds is 5. The van der Waals surface area contributed by atoms with Crippen LogP contribution in [0, 0.1) is 17.7 Å². The third-order valence-corrected chi connectivity index (χ3v) is 4.64. The highest BCUT2D eigenvalue weighted by molar-refractivity contribution is 5.92. The summed E-state index contributed by atoms with van der Waals surface area (Å²) in [6.07, 6.45) is 2.96. The van der Waals surface area contributed by atoms with Crippen molar-refractivity contribution in [1.82, 2.24) is 4.90 Å². The fraction of sp³-hybridized carbons (Fsp3) is 0.556. The molecule has 2 rings (SSSR count). The van der Waals surface area contributed by atoms with E-state index in [1.54, 1.807) is 18.2 Å². The lowest BCUT2D eigenvalue weighted by atomic mass is 9.93. The Bertz CT molecular complexity index is 550. The molecule has 0 atom stereocenters. The smallest absolute Gasteiger partial charge is 0.227 e. The zero-order chi connectivity index (χ0) is 16.8. The van der Waals surface area contributed by atoms with Gasteiger partial charge in [-0.05, 0) is 37.8 Å². The molecule has 1 saturated heterocycles. The molecule has 2 amide bonds. The minimum absolute atomic E-state index is 0.0822. The van der Waals surface area contributed by atoms with Crippen LogP contribution in [0.4, 0.5) is 10.1 Å². The first-order valence-electron chi connectivity index (χ1n) is 8.41. The summed E-state index contributed by atoms with van der Waals surface area (Å²) in [5, 5.41) is 2.65. The zero-order valence-electron chi connectivity index (χ0n) is 13.8. The molecule has 0 aliphatic carbocycles. The van der Waals surface area contributed by atoms with E-state index < -0.39 is 5.82 Å². The van der Waals surface area contributed by atoms with E-state index in [2.05, 4.69) is 5.32 Å². The van der Waals surface area contributed by atoms with Crippen molar-refractivity contribution in [3.63, 3.8) is 0 Å². The van der Waals surface area contributed by atoms with Crippen LogP contribution in [0.5, 0.6) is 0 Å². The van der Waals surface area contributed by atoms with Crippen molar-refractivity contribution in [1.29, 1.82) is 0 Å². The predicted molar refractivity (Wildman–Crippen MR) is 88.4 cm³/mol. The maximum Gasteiger partial charge on any atom is 0.227 e. The first-order valence-corrected chi connectivity index (χ1v) is 8.41. The Kier molecular flexibility index (Phi) is 6.13. The van der Waals surface area contributed by atoms with Gasteiger partial charge in [-0.2, -0.15) is 0 Å². The molecule has 0 radical (unpaired) electrons. The van der Waals surface area contributed by atoms with Crippen molar-refractivity contribution in [2.24, 2.45) is 11.8 Å². The number of hydrogen-bond acceptors (Lipinski definition) is 2. The lowest BCUT2D eigenvalue weighted by Gasteiger charge is -2.33. The van der Waals surface area contributed by atoms with E-state index in [-0.39, 0.29) is 29.3 Å². The average Bonchev–Trinajstić information content (AvgIpc) is 2.58. The number of carbonyl (C=O) groups excluding carboxylic acids is 2. The second-order valence-corrected chi connectivity index (χ2v) is 6.08. The summed E-state index contributed by atoms with van der Waals surface area (Å²) in [6, 6.07) is 6.16. The molecule has 23 heavy (non-hydrogen) atoms. The van der Waals surface area contributed by atoms with Crippen LogP contribution in [-0.4, -0.2) is 29.8 Å². The number of para-hydroxylation sites is 1. The Morgan fingerprint density at radius 1 is 1.22 bits per heavy atom. The molecule has 0 bridgehead atoms. The lowest BCUT2D eigenvalue weighted by molar-refractivity contribution is -0.138. The van der Waals surface area contributed by atoms with E-state index in [1.807, 2.05) is 18.7 Å². The van der Waals surface area contributed by atoms with Gasteiger partial charge in [-0.3, -0.25) is 9.59 Å². The number of benzene rings is 1. The van der Waals surface area contributed by atoms with Gasteiger partial charge in [-0.1, -0.05) is 26.0 Å². The van der Waals surface area contributed by atoms with Crippen LogP contribution in [0.3, 0.4) is 0 Å². The summed E-state index contributed by atoms with van der Waals surface area (Å²) >= 11 is 0. The second kappa shape index (κ2) is 8.09. The standard InChI is InChI=1S/C18H25FN2O2/c1-3-13(4-2)18(23)21-11-9-14(10-12-21)17(22)20-16-8-6-5-7-15(16)19/h5-8,13-14H,3-4,9-12H2,1-2H3,(H,20,22). The van der Waals surface area contributed by atoms with Crippen molar-refractivity contribution in [3.05, 3.63) is 30.1 Å². The fourth-order valence-electron chi connectivity index (χ4n) is 3.06. The van der Waals surface area contributed by atoms with Gasteiger partial charge in [0.1, 0.15) is 5.82 Å². The molecule has 0 unspecified atom stereocenters. The molecule has 1 aliphatic heterocycles. The van der Waals surface area contributed by atoms with Crippen molar-refractivity contribution >= 4 is 17.5 Å². The summed E-state index contributed by atoms with van der Waals surface area (Å²) in [7, 11) is 0. The van der Waals surface area contributed by atoms with Crippen molar-refractivity contribution in [3.8, 4) is 0 Å². The van der Waals surface area contributed by atoms with Gasteiger partial charge in [0.15, 0.2) is 0 Å². The molecule has 1 aromatic carbocycles. The van der Waals surface area contributed by atoms with E-state index in [0.29, 0.717) is 25.9 Å². The number of anilines is 1. The molecule has 1 heterocycles. The Labute approximate surface area is 137 Å². The number of halogens is 1. The summed E-state index contributed by atoms with van der Waals surface area (Å²) in [6.45, 7) is 5.26.